The van der Waals surface area contributed by atoms with Crippen LogP contribution in [-0.2, 0) is 4.74 Å². The van der Waals surface area contributed by atoms with Crippen LogP contribution in [0.4, 0.5) is 4.79 Å². The Balaban J connectivity index is 0.00000392. The molecule has 2 N–H and O–H groups in total. The lowest BCUT2D eigenvalue weighted by molar-refractivity contribution is 0.0168. The summed E-state index contributed by atoms with van der Waals surface area (Å²) in [7, 11) is 1.81. The van der Waals surface area contributed by atoms with E-state index in [9.17, 15) is 4.79 Å². The van der Waals surface area contributed by atoms with Gasteiger partial charge in [0, 0.05) is 39.8 Å². The highest BCUT2D eigenvalue weighted by Gasteiger charge is 2.27. The second-order valence-corrected chi connectivity index (χ2v) is 8.72. The number of nitrogens with one attached hydrogen (secondary N) is 2. The number of halogens is 1. The quantitative estimate of drug-likeness (QED) is 0.339. The highest BCUT2D eigenvalue weighted by atomic mass is 127. The van der Waals surface area contributed by atoms with Crippen LogP contribution in [0.2, 0.25) is 0 Å². The lowest BCUT2D eigenvalue weighted by Crippen LogP contribution is -2.48. The number of carbonyl (C=O) groups excluding carboxylic acids is 1. The van der Waals surface area contributed by atoms with Crippen molar-refractivity contribution in [2.75, 3.05) is 52.9 Å². The van der Waals surface area contributed by atoms with Crippen molar-refractivity contribution in [2.45, 2.75) is 58.5 Å². The lowest BCUT2D eigenvalue weighted by atomic mass is 9.98. The smallest absolute Gasteiger partial charge is 0.410 e. The molecule has 2 heterocycles. The molecule has 8 heteroatoms. The SMILES string of the molecule is CN=C(NCCN1CCCCC1)NCC1CCCN(C(=O)OC(C)(C)C)C1.I. The van der Waals surface area contributed by atoms with E-state index < -0.39 is 5.60 Å². The molecule has 2 rings (SSSR count). The predicted octanol–water partition coefficient (Wildman–Crippen LogP) is 2.90. The first kappa shape index (κ1) is 25.3. The summed E-state index contributed by atoms with van der Waals surface area (Å²) in [6, 6.07) is 0. The summed E-state index contributed by atoms with van der Waals surface area (Å²) in [5.41, 5.74) is -0.442. The van der Waals surface area contributed by atoms with Crippen LogP contribution in [0.1, 0.15) is 52.9 Å². The predicted molar refractivity (Wildman–Crippen MR) is 126 cm³/mol. The van der Waals surface area contributed by atoms with Crippen LogP contribution in [-0.4, -0.2) is 80.3 Å². The molecule has 2 aliphatic rings. The summed E-state index contributed by atoms with van der Waals surface area (Å²) in [6.07, 6.45) is 5.96. The van der Waals surface area contributed by atoms with E-state index in [4.69, 9.17) is 4.74 Å². The largest absolute Gasteiger partial charge is 0.444 e. The van der Waals surface area contributed by atoms with Gasteiger partial charge in [-0.1, -0.05) is 6.42 Å². The van der Waals surface area contributed by atoms with Crippen molar-refractivity contribution in [1.29, 1.82) is 0 Å². The van der Waals surface area contributed by atoms with Gasteiger partial charge in [0.05, 0.1) is 0 Å². The molecule has 164 valence electrons. The number of likely N-dealkylation sites (tertiary alicyclic amines) is 2. The summed E-state index contributed by atoms with van der Waals surface area (Å²) < 4.78 is 5.51. The van der Waals surface area contributed by atoms with Crippen LogP contribution in [0.15, 0.2) is 4.99 Å². The van der Waals surface area contributed by atoms with Crippen LogP contribution in [0.3, 0.4) is 0 Å². The number of rotatable bonds is 5. The van der Waals surface area contributed by atoms with Gasteiger partial charge in [-0.15, -0.1) is 24.0 Å². The van der Waals surface area contributed by atoms with E-state index in [-0.39, 0.29) is 30.1 Å². The van der Waals surface area contributed by atoms with Crippen molar-refractivity contribution in [3.05, 3.63) is 0 Å². The van der Waals surface area contributed by atoms with E-state index in [1.807, 2.05) is 32.7 Å². The first-order valence-corrected chi connectivity index (χ1v) is 10.5. The van der Waals surface area contributed by atoms with Crippen molar-refractivity contribution >= 4 is 36.0 Å². The molecule has 0 spiro atoms. The number of hydrogen-bond donors (Lipinski definition) is 2. The molecule has 1 unspecified atom stereocenters. The standard InChI is InChI=1S/C20H39N5O2.HI/c1-20(2,3)27-19(26)25-13-8-9-17(16-25)15-23-18(21-4)22-10-14-24-11-6-5-7-12-24;/h17H,5-16H2,1-4H3,(H2,21,22,23);1H. The highest BCUT2D eigenvalue weighted by Crippen LogP contribution is 2.18. The fourth-order valence-corrected chi connectivity index (χ4v) is 3.70. The number of nitrogens with zero attached hydrogens (tertiary/aromatic N) is 3. The molecule has 0 aliphatic carbocycles. The van der Waals surface area contributed by atoms with Crippen molar-refractivity contribution in [2.24, 2.45) is 10.9 Å². The number of hydrogen-bond acceptors (Lipinski definition) is 4. The van der Waals surface area contributed by atoms with Gasteiger partial charge in [0.1, 0.15) is 5.60 Å². The Hall–Kier alpha value is -0.770. The summed E-state index contributed by atoms with van der Waals surface area (Å²) in [5.74, 6) is 1.27. The zero-order valence-corrected chi connectivity index (χ0v) is 20.5. The number of ether oxygens (including phenoxy) is 1. The third-order valence-electron chi connectivity index (χ3n) is 5.12. The molecule has 0 bridgehead atoms. The normalized spacial score (nSPS) is 21.6. The minimum absolute atomic E-state index is 0. The third kappa shape index (κ3) is 9.62. The zero-order chi connectivity index (χ0) is 19.7. The van der Waals surface area contributed by atoms with Crippen molar-refractivity contribution in [3.8, 4) is 0 Å². The number of aliphatic imine (C=N–C) groups is 1. The van der Waals surface area contributed by atoms with Gasteiger partial charge in [-0.2, -0.15) is 0 Å². The van der Waals surface area contributed by atoms with Crippen LogP contribution in [0, 0.1) is 5.92 Å². The summed E-state index contributed by atoms with van der Waals surface area (Å²) in [5, 5.41) is 6.84. The van der Waals surface area contributed by atoms with Gasteiger partial charge in [-0.05, 0) is 65.5 Å². The maximum atomic E-state index is 12.3. The molecule has 2 fully saturated rings. The Morgan fingerprint density at radius 1 is 1.11 bits per heavy atom. The average Bonchev–Trinajstić information content (AvgIpc) is 2.64. The van der Waals surface area contributed by atoms with Gasteiger partial charge in [-0.25, -0.2) is 4.79 Å². The Morgan fingerprint density at radius 3 is 2.46 bits per heavy atom. The Labute approximate surface area is 188 Å². The minimum atomic E-state index is -0.442. The minimum Gasteiger partial charge on any atom is -0.444 e. The molecule has 2 saturated heterocycles. The molecule has 0 aromatic carbocycles. The fraction of sp³-hybridized carbons (Fsp3) is 0.900. The second kappa shape index (κ2) is 12.7. The molecular formula is C20H40IN5O2. The third-order valence-corrected chi connectivity index (χ3v) is 5.12. The van der Waals surface area contributed by atoms with Gasteiger partial charge in [-0.3, -0.25) is 4.99 Å². The monoisotopic (exact) mass is 509 g/mol. The number of amides is 1. The Morgan fingerprint density at radius 2 is 1.82 bits per heavy atom. The van der Waals surface area contributed by atoms with Crippen LogP contribution in [0.5, 0.6) is 0 Å². The van der Waals surface area contributed by atoms with E-state index in [1.54, 1.807) is 0 Å². The highest BCUT2D eigenvalue weighted by molar-refractivity contribution is 14.0. The maximum Gasteiger partial charge on any atom is 0.410 e. The van der Waals surface area contributed by atoms with Gasteiger partial charge in [0.2, 0.25) is 0 Å². The number of piperidine rings is 2. The maximum absolute atomic E-state index is 12.3. The molecule has 0 aromatic heterocycles. The van der Waals surface area contributed by atoms with E-state index in [0.717, 1.165) is 51.5 Å². The molecule has 7 nitrogen and oxygen atoms in total. The number of carbonyl (C=O) groups is 1. The van der Waals surface area contributed by atoms with E-state index in [0.29, 0.717) is 5.92 Å². The molecule has 0 aromatic rings. The molecule has 2 aliphatic heterocycles. The fourth-order valence-electron chi connectivity index (χ4n) is 3.70. The van der Waals surface area contributed by atoms with E-state index in [2.05, 4.69) is 20.5 Å². The molecule has 0 radical (unpaired) electrons. The van der Waals surface area contributed by atoms with Gasteiger partial charge in [0.25, 0.3) is 0 Å². The zero-order valence-electron chi connectivity index (χ0n) is 18.1. The molecule has 0 saturated carbocycles. The number of guanidine groups is 1. The van der Waals surface area contributed by atoms with E-state index in [1.165, 1.54) is 32.4 Å². The van der Waals surface area contributed by atoms with E-state index >= 15 is 0 Å². The van der Waals surface area contributed by atoms with Crippen molar-refractivity contribution in [3.63, 3.8) is 0 Å². The summed E-state index contributed by atoms with van der Waals surface area (Å²) in [6.45, 7) is 12.5. The topological polar surface area (TPSA) is 69.2 Å². The van der Waals surface area contributed by atoms with Crippen LogP contribution in [0.25, 0.3) is 0 Å². The Kier molecular flexibility index (Phi) is 11.5. The average molecular weight is 509 g/mol. The van der Waals surface area contributed by atoms with Gasteiger partial charge >= 0.3 is 6.09 Å². The first-order valence-electron chi connectivity index (χ1n) is 10.5. The molecule has 1 atom stereocenters. The van der Waals surface area contributed by atoms with Gasteiger partial charge in [0.15, 0.2) is 5.96 Å². The molecular weight excluding hydrogens is 469 g/mol. The van der Waals surface area contributed by atoms with Crippen LogP contribution >= 0.6 is 24.0 Å². The van der Waals surface area contributed by atoms with Gasteiger partial charge < -0.3 is 25.2 Å². The molecule has 1 amide bonds. The lowest BCUT2D eigenvalue weighted by Gasteiger charge is -2.34. The first-order chi connectivity index (χ1) is 12.9. The van der Waals surface area contributed by atoms with Crippen molar-refractivity contribution in [1.82, 2.24) is 20.4 Å². The van der Waals surface area contributed by atoms with Crippen molar-refractivity contribution < 1.29 is 9.53 Å². The second-order valence-electron chi connectivity index (χ2n) is 8.72. The summed E-state index contributed by atoms with van der Waals surface area (Å²) >= 11 is 0. The summed E-state index contributed by atoms with van der Waals surface area (Å²) in [4.78, 5) is 21.0. The molecule has 28 heavy (non-hydrogen) atoms. The Bertz CT molecular complexity index is 489. The van der Waals surface area contributed by atoms with Crippen LogP contribution < -0.4 is 10.6 Å².